The van der Waals surface area contributed by atoms with Gasteiger partial charge in [-0.05, 0) is 37.6 Å². The van der Waals surface area contributed by atoms with Crippen LogP contribution in [-0.2, 0) is 0 Å². The standard InChI is InChI=1S/C11H23NO/c1-10(2,3)5-9-6-11(4,8-13)12-7-9/h9,12-13H,5-8H2,1-4H3. The van der Waals surface area contributed by atoms with E-state index in [9.17, 15) is 5.11 Å². The molecular formula is C11H23NO. The molecule has 0 aliphatic carbocycles. The van der Waals surface area contributed by atoms with Gasteiger partial charge in [-0.25, -0.2) is 0 Å². The zero-order valence-corrected chi connectivity index (χ0v) is 9.35. The highest BCUT2D eigenvalue weighted by Crippen LogP contribution is 2.32. The van der Waals surface area contributed by atoms with E-state index >= 15 is 0 Å². The topological polar surface area (TPSA) is 32.3 Å². The molecule has 0 aromatic heterocycles. The minimum absolute atomic E-state index is 0.0179. The molecule has 2 heteroatoms. The lowest BCUT2D eigenvalue weighted by atomic mass is 9.82. The normalized spacial score (nSPS) is 35.3. The second-order valence-electron chi connectivity index (χ2n) is 5.93. The number of hydrogen-bond acceptors (Lipinski definition) is 2. The molecule has 78 valence electrons. The molecule has 13 heavy (non-hydrogen) atoms. The van der Waals surface area contributed by atoms with Crippen LogP contribution in [0.5, 0.6) is 0 Å². The Bertz CT molecular complexity index is 173. The minimum Gasteiger partial charge on any atom is -0.394 e. The molecule has 0 spiro atoms. The summed E-state index contributed by atoms with van der Waals surface area (Å²) < 4.78 is 0. The number of nitrogens with one attached hydrogen (secondary N) is 1. The summed E-state index contributed by atoms with van der Waals surface area (Å²) in [6.07, 6.45) is 2.36. The molecule has 1 aliphatic rings. The first-order valence-electron chi connectivity index (χ1n) is 5.21. The Kier molecular flexibility index (Phi) is 3.03. The fraction of sp³-hybridized carbons (Fsp3) is 1.00. The van der Waals surface area contributed by atoms with Crippen molar-refractivity contribution >= 4 is 0 Å². The summed E-state index contributed by atoms with van der Waals surface area (Å²) in [5.41, 5.74) is 0.392. The van der Waals surface area contributed by atoms with E-state index in [1.54, 1.807) is 0 Å². The molecule has 1 rings (SSSR count). The second kappa shape index (κ2) is 3.58. The van der Waals surface area contributed by atoms with E-state index in [1.807, 2.05) is 0 Å². The van der Waals surface area contributed by atoms with Gasteiger partial charge in [-0.2, -0.15) is 0 Å². The number of rotatable bonds is 2. The maximum Gasteiger partial charge on any atom is 0.0610 e. The molecule has 2 unspecified atom stereocenters. The quantitative estimate of drug-likeness (QED) is 0.687. The SMILES string of the molecule is CC(C)(C)CC1CNC(C)(CO)C1. The average Bonchev–Trinajstić information content (AvgIpc) is 2.30. The van der Waals surface area contributed by atoms with Gasteiger partial charge in [0.2, 0.25) is 0 Å². The van der Waals surface area contributed by atoms with Crippen molar-refractivity contribution in [2.24, 2.45) is 11.3 Å². The minimum atomic E-state index is -0.0179. The molecule has 1 heterocycles. The lowest BCUT2D eigenvalue weighted by Crippen LogP contribution is -2.39. The smallest absolute Gasteiger partial charge is 0.0610 e. The Morgan fingerprint density at radius 3 is 2.46 bits per heavy atom. The van der Waals surface area contributed by atoms with Gasteiger partial charge in [-0.3, -0.25) is 0 Å². The van der Waals surface area contributed by atoms with Crippen molar-refractivity contribution in [1.82, 2.24) is 5.32 Å². The molecule has 0 aromatic rings. The van der Waals surface area contributed by atoms with E-state index in [0.29, 0.717) is 5.41 Å². The van der Waals surface area contributed by atoms with E-state index in [4.69, 9.17) is 0 Å². The molecule has 0 amide bonds. The molecule has 2 atom stereocenters. The van der Waals surface area contributed by atoms with Crippen LogP contribution < -0.4 is 5.32 Å². The van der Waals surface area contributed by atoms with E-state index in [2.05, 4.69) is 33.0 Å². The zero-order valence-electron chi connectivity index (χ0n) is 9.35. The summed E-state index contributed by atoms with van der Waals surface area (Å²) in [7, 11) is 0. The van der Waals surface area contributed by atoms with Crippen molar-refractivity contribution in [3.8, 4) is 0 Å². The summed E-state index contributed by atoms with van der Waals surface area (Å²) in [5.74, 6) is 0.733. The van der Waals surface area contributed by atoms with Gasteiger partial charge in [0.05, 0.1) is 6.61 Å². The van der Waals surface area contributed by atoms with Gasteiger partial charge in [-0.15, -0.1) is 0 Å². The van der Waals surface area contributed by atoms with Crippen molar-refractivity contribution in [2.45, 2.75) is 46.1 Å². The number of aliphatic hydroxyl groups excluding tert-OH is 1. The van der Waals surface area contributed by atoms with Crippen LogP contribution in [0.4, 0.5) is 0 Å². The van der Waals surface area contributed by atoms with E-state index in [0.717, 1.165) is 18.9 Å². The molecular weight excluding hydrogens is 162 g/mol. The van der Waals surface area contributed by atoms with E-state index < -0.39 is 0 Å². The summed E-state index contributed by atoms with van der Waals surface area (Å²) in [6, 6.07) is 0. The molecule has 1 fully saturated rings. The van der Waals surface area contributed by atoms with Crippen LogP contribution in [0.25, 0.3) is 0 Å². The van der Waals surface area contributed by atoms with Gasteiger partial charge in [0.25, 0.3) is 0 Å². The number of aliphatic hydroxyl groups is 1. The van der Waals surface area contributed by atoms with Crippen molar-refractivity contribution in [3.63, 3.8) is 0 Å². The highest BCUT2D eigenvalue weighted by molar-refractivity contribution is 4.93. The van der Waals surface area contributed by atoms with Crippen LogP contribution in [0.2, 0.25) is 0 Å². The van der Waals surface area contributed by atoms with Gasteiger partial charge in [0, 0.05) is 5.54 Å². The molecule has 0 saturated carbocycles. The Morgan fingerprint density at radius 2 is 2.08 bits per heavy atom. The van der Waals surface area contributed by atoms with E-state index in [-0.39, 0.29) is 12.1 Å². The summed E-state index contributed by atoms with van der Waals surface area (Å²) in [4.78, 5) is 0. The number of hydrogen-bond donors (Lipinski definition) is 2. The Labute approximate surface area is 81.7 Å². The molecule has 2 N–H and O–H groups in total. The highest BCUT2D eigenvalue weighted by Gasteiger charge is 2.35. The Morgan fingerprint density at radius 1 is 1.46 bits per heavy atom. The lowest BCUT2D eigenvalue weighted by molar-refractivity contribution is 0.185. The largest absolute Gasteiger partial charge is 0.394 e. The predicted molar refractivity (Wildman–Crippen MR) is 55.7 cm³/mol. The van der Waals surface area contributed by atoms with Crippen LogP contribution in [0.15, 0.2) is 0 Å². The lowest BCUT2D eigenvalue weighted by Gasteiger charge is -2.24. The molecule has 1 aliphatic heterocycles. The van der Waals surface area contributed by atoms with E-state index in [1.165, 1.54) is 6.42 Å². The van der Waals surface area contributed by atoms with Gasteiger partial charge < -0.3 is 10.4 Å². The van der Waals surface area contributed by atoms with Crippen molar-refractivity contribution in [3.05, 3.63) is 0 Å². The van der Waals surface area contributed by atoms with Crippen LogP contribution in [0.3, 0.4) is 0 Å². The monoisotopic (exact) mass is 185 g/mol. The third-order valence-electron chi connectivity index (χ3n) is 2.81. The summed E-state index contributed by atoms with van der Waals surface area (Å²) in [6.45, 7) is 10.3. The zero-order chi connectivity index (χ0) is 10.1. The maximum absolute atomic E-state index is 9.18. The van der Waals surface area contributed by atoms with Gasteiger partial charge in [-0.1, -0.05) is 20.8 Å². The molecule has 0 aromatic carbocycles. The third kappa shape index (κ3) is 3.28. The fourth-order valence-electron chi connectivity index (χ4n) is 2.30. The van der Waals surface area contributed by atoms with Crippen molar-refractivity contribution in [1.29, 1.82) is 0 Å². The first-order valence-corrected chi connectivity index (χ1v) is 5.21. The highest BCUT2D eigenvalue weighted by atomic mass is 16.3. The summed E-state index contributed by atoms with van der Waals surface area (Å²) in [5, 5.41) is 12.6. The second-order valence-corrected chi connectivity index (χ2v) is 5.93. The first-order chi connectivity index (χ1) is 5.85. The van der Waals surface area contributed by atoms with Crippen LogP contribution >= 0.6 is 0 Å². The van der Waals surface area contributed by atoms with Crippen molar-refractivity contribution in [2.75, 3.05) is 13.2 Å². The Balaban J connectivity index is 2.42. The van der Waals surface area contributed by atoms with Crippen LogP contribution in [0, 0.1) is 11.3 Å². The summed E-state index contributed by atoms with van der Waals surface area (Å²) >= 11 is 0. The third-order valence-corrected chi connectivity index (χ3v) is 2.81. The maximum atomic E-state index is 9.18. The van der Waals surface area contributed by atoms with Gasteiger partial charge in [0.15, 0.2) is 0 Å². The molecule has 0 radical (unpaired) electrons. The predicted octanol–water partition coefficient (Wildman–Crippen LogP) is 1.78. The fourth-order valence-corrected chi connectivity index (χ4v) is 2.30. The first kappa shape index (κ1) is 11.0. The van der Waals surface area contributed by atoms with Gasteiger partial charge >= 0.3 is 0 Å². The van der Waals surface area contributed by atoms with Gasteiger partial charge in [0.1, 0.15) is 0 Å². The van der Waals surface area contributed by atoms with Crippen molar-refractivity contribution < 1.29 is 5.11 Å². The average molecular weight is 185 g/mol. The molecule has 0 bridgehead atoms. The Hall–Kier alpha value is -0.0800. The molecule has 1 saturated heterocycles. The molecule has 2 nitrogen and oxygen atoms in total. The van der Waals surface area contributed by atoms with Crippen LogP contribution in [-0.4, -0.2) is 23.8 Å². The van der Waals surface area contributed by atoms with Crippen LogP contribution in [0.1, 0.15) is 40.5 Å².